The van der Waals surface area contributed by atoms with Gasteiger partial charge in [0.1, 0.15) is 12.4 Å². The van der Waals surface area contributed by atoms with Crippen molar-refractivity contribution in [3.63, 3.8) is 0 Å². The number of piperidine rings is 1. The number of carbonyl (C=O) groups excluding carboxylic acids is 1. The number of rotatable bonds is 6. The summed E-state index contributed by atoms with van der Waals surface area (Å²) in [5, 5.41) is 0. The average molecular weight is 365 g/mol. The summed E-state index contributed by atoms with van der Waals surface area (Å²) in [6.45, 7) is 4.50. The van der Waals surface area contributed by atoms with Gasteiger partial charge in [-0.3, -0.25) is 0 Å². The van der Waals surface area contributed by atoms with Crippen LogP contribution in [0.1, 0.15) is 37.3 Å². The number of hydrogen-bond donors (Lipinski definition) is 0. The largest absolute Gasteiger partial charge is 0.489 e. The van der Waals surface area contributed by atoms with E-state index in [1.54, 1.807) is 6.08 Å². The van der Waals surface area contributed by atoms with Gasteiger partial charge < -0.3 is 14.4 Å². The fourth-order valence-corrected chi connectivity index (χ4v) is 3.47. The van der Waals surface area contributed by atoms with E-state index in [9.17, 15) is 4.79 Å². The second kappa shape index (κ2) is 9.26. The van der Waals surface area contributed by atoms with Gasteiger partial charge in [0.25, 0.3) is 0 Å². The molecule has 1 saturated heterocycles. The lowest BCUT2D eigenvalue weighted by Gasteiger charge is -2.28. The predicted molar refractivity (Wildman–Crippen MR) is 109 cm³/mol. The molecule has 0 unspecified atom stereocenters. The van der Waals surface area contributed by atoms with Gasteiger partial charge >= 0.3 is 5.97 Å². The van der Waals surface area contributed by atoms with E-state index in [1.807, 2.05) is 43.3 Å². The van der Waals surface area contributed by atoms with Gasteiger partial charge in [0, 0.05) is 18.8 Å². The fraction of sp³-hybridized carbons (Fsp3) is 0.348. The lowest BCUT2D eigenvalue weighted by atomic mass is 10.00. The second-order valence-electron chi connectivity index (χ2n) is 6.68. The van der Waals surface area contributed by atoms with Crippen LogP contribution in [0.3, 0.4) is 0 Å². The molecule has 0 aromatic heterocycles. The minimum Gasteiger partial charge on any atom is -0.489 e. The van der Waals surface area contributed by atoms with Gasteiger partial charge in [0.15, 0.2) is 0 Å². The highest BCUT2D eigenvalue weighted by atomic mass is 16.5. The molecular formula is C23H27NO3. The Morgan fingerprint density at radius 2 is 1.74 bits per heavy atom. The number of esters is 1. The van der Waals surface area contributed by atoms with Crippen LogP contribution in [-0.4, -0.2) is 26.2 Å². The third-order valence-electron chi connectivity index (χ3n) is 4.95. The Bertz CT molecular complexity index is 790. The molecule has 0 N–H and O–H groups in total. The molecule has 1 aliphatic heterocycles. The quantitative estimate of drug-likeness (QED) is 0.543. The summed E-state index contributed by atoms with van der Waals surface area (Å²) in [4.78, 5) is 14.4. The normalized spacial score (nSPS) is 14.7. The molecule has 3 rings (SSSR count). The van der Waals surface area contributed by atoms with Crippen molar-refractivity contribution in [1.29, 1.82) is 0 Å². The number of ether oxygens (including phenoxy) is 2. The summed E-state index contributed by atoms with van der Waals surface area (Å²) in [5.41, 5.74) is 3.61. The Morgan fingerprint density at radius 1 is 1.04 bits per heavy atom. The van der Waals surface area contributed by atoms with E-state index in [2.05, 4.69) is 17.0 Å². The first-order chi connectivity index (χ1) is 13.2. The van der Waals surface area contributed by atoms with Crippen LogP contribution in [0.2, 0.25) is 0 Å². The molecule has 1 aliphatic rings. The minimum absolute atomic E-state index is 0.337. The smallest absolute Gasteiger partial charge is 0.338 e. The number of nitrogens with zero attached hydrogens (tertiary/aromatic N) is 1. The molecule has 0 aliphatic carbocycles. The molecule has 0 atom stereocenters. The Balaban J connectivity index is 1.69. The van der Waals surface area contributed by atoms with Crippen molar-refractivity contribution in [3.05, 3.63) is 65.7 Å². The van der Waals surface area contributed by atoms with E-state index >= 15 is 0 Å². The highest BCUT2D eigenvalue weighted by Gasteiger charge is 2.15. The molecule has 4 heteroatoms. The van der Waals surface area contributed by atoms with E-state index in [4.69, 9.17) is 9.47 Å². The van der Waals surface area contributed by atoms with Crippen LogP contribution >= 0.6 is 0 Å². The first kappa shape index (κ1) is 19.0. The zero-order valence-corrected chi connectivity index (χ0v) is 16.1. The number of allylic oxidation sites excluding steroid dienone is 1. The van der Waals surface area contributed by atoms with Crippen molar-refractivity contribution in [2.75, 3.05) is 25.1 Å². The van der Waals surface area contributed by atoms with Gasteiger partial charge in [0.05, 0.1) is 12.7 Å². The average Bonchev–Trinajstić information content (AvgIpc) is 2.74. The van der Waals surface area contributed by atoms with Gasteiger partial charge in [-0.25, -0.2) is 4.79 Å². The molecule has 142 valence electrons. The molecule has 1 fully saturated rings. The van der Waals surface area contributed by atoms with Gasteiger partial charge in [0.2, 0.25) is 0 Å². The summed E-state index contributed by atoms with van der Waals surface area (Å²) in [5.74, 6) is 0.487. The molecule has 2 aromatic rings. The van der Waals surface area contributed by atoms with E-state index < -0.39 is 0 Å². The van der Waals surface area contributed by atoms with Gasteiger partial charge in [-0.05, 0) is 61.6 Å². The molecule has 0 bridgehead atoms. The first-order valence-electron chi connectivity index (χ1n) is 9.53. The molecule has 4 nitrogen and oxygen atoms in total. The van der Waals surface area contributed by atoms with Crippen LogP contribution in [0.25, 0.3) is 5.57 Å². The molecule has 0 radical (unpaired) electrons. The van der Waals surface area contributed by atoms with Crippen molar-refractivity contribution in [2.45, 2.75) is 32.8 Å². The fourth-order valence-electron chi connectivity index (χ4n) is 3.47. The molecule has 0 saturated carbocycles. The van der Waals surface area contributed by atoms with E-state index in [-0.39, 0.29) is 5.97 Å². The molecule has 0 amide bonds. The highest BCUT2D eigenvalue weighted by molar-refractivity contribution is 6.16. The van der Waals surface area contributed by atoms with Crippen molar-refractivity contribution in [1.82, 2.24) is 0 Å². The number of methoxy groups -OCH3 is 1. The van der Waals surface area contributed by atoms with Crippen molar-refractivity contribution in [2.24, 2.45) is 0 Å². The molecule has 0 spiro atoms. The topological polar surface area (TPSA) is 38.8 Å². The maximum atomic E-state index is 12.0. The van der Waals surface area contributed by atoms with E-state index in [0.717, 1.165) is 30.0 Å². The lowest BCUT2D eigenvalue weighted by molar-refractivity contribution is -0.133. The van der Waals surface area contributed by atoms with Crippen LogP contribution in [0, 0.1) is 0 Å². The summed E-state index contributed by atoms with van der Waals surface area (Å²) in [6.07, 6.45) is 5.64. The van der Waals surface area contributed by atoms with Crippen LogP contribution in [0.4, 0.5) is 5.69 Å². The van der Waals surface area contributed by atoms with Crippen LogP contribution in [-0.2, 0) is 16.1 Å². The summed E-state index contributed by atoms with van der Waals surface area (Å²) in [6, 6.07) is 16.0. The number of hydrogen-bond acceptors (Lipinski definition) is 4. The van der Waals surface area contributed by atoms with Crippen LogP contribution in [0.15, 0.2) is 54.6 Å². The Labute approximate surface area is 161 Å². The maximum absolute atomic E-state index is 12.0. The predicted octanol–water partition coefficient (Wildman–Crippen LogP) is 4.83. The minimum atomic E-state index is -0.337. The third kappa shape index (κ3) is 4.70. The molecule has 1 heterocycles. The molecule has 2 aromatic carbocycles. The Kier molecular flexibility index (Phi) is 6.53. The standard InChI is InChI=1S/C23H27NO3/c1-3-21(23(25)26-2)22-10-6-5-9-18(22)17-27-20-13-11-19(12-14-20)24-15-7-4-8-16-24/h3,5-6,9-14H,4,7-8,15-17H2,1-2H3. The van der Waals surface area contributed by atoms with Crippen LogP contribution in [0.5, 0.6) is 5.75 Å². The zero-order valence-electron chi connectivity index (χ0n) is 16.1. The first-order valence-corrected chi connectivity index (χ1v) is 9.53. The zero-order chi connectivity index (χ0) is 19.1. The van der Waals surface area contributed by atoms with E-state index in [0.29, 0.717) is 12.2 Å². The van der Waals surface area contributed by atoms with Gasteiger partial charge in [-0.2, -0.15) is 0 Å². The monoisotopic (exact) mass is 365 g/mol. The van der Waals surface area contributed by atoms with Crippen molar-refractivity contribution in [3.8, 4) is 5.75 Å². The summed E-state index contributed by atoms with van der Waals surface area (Å²) < 4.78 is 10.9. The number of anilines is 1. The SMILES string of the molecule is CC=C(C(=O)OC)c1ccccc1COc1ccc(N2CCCCC2)cc1. The van der Waals surface area contributed by atoms with E-state index in [1.165, 1.54) is 32.1 Å². The Hall–Kier alpha value is -2.75. The Morgan fingerprint density at radius 3 is 2.41 bits per heavy atom. The lowest BCUT2D eigenvalue weighted by Crippen LogP contribution is -2.29. The number of benzene rings is 2. The maximum Gasteiger partial charge on any atom is 0.338 e. The third-order valence-corrected chi connectivity index (χ3v) is 4.95. The molecule has 27 heavy (non-hydrogen) atoms. The van der Waals surface area contributed by atoms with Crippen LogP contribution < -0.4 is 9.64 Å². The van der Waals surface area contributed by atoms with Crippen molar-refractivity contribution >= 4 is 17.2 Å². The summed E-state index contributed by atoms with van der Waals surface area (Å²) >= 11 is 0. The highest BCUT2D eigenvalue weighted by Crippen LogP contribution is 2.25. The van der Waals surface area contributed by atoms with Gasteiger partial charge in [-0.15, -0.1) is 0 Å². The number of carbonyl (C=O) groups is 1. The molecular weight excluding hydrogens is 338 g/mol. The van der Waals surface area contributed by atoms with Crippen molar-refractivity contribution < 1.29 is 14.3 Å². The van der Waals surface area contributed by atoms with Gasteiger partial charge in [-0.1, -0.05) is 30.3 Å². The second-order valence-corrected chi connectivity index (χ2v) is 6.68. The summed E-state index contributed by atoms with van der Waals surface area (Å²) in [7, 11) is 1.40.